The summed E-state index contributed by atoms with van der Waals surface area (Å²) in [7, 11) is 0. The van der Waals surface area contributed by atoms with Crippen molar-refractivity contribution in [1.29, 1.82) is 0 Å². The maximum atomic E-state index is 13.8. The SMILES string of the molecule is O=C(OCC1(Cc2ccc(F)cc2)CCN(C(=O)Cc2ccc(-c3ccccc3O)cc2-c2cc3ccncc3[nH]2)CC1)C1CC1. The van der Waals surface area contributed by atoms with E-state index in [1.807, 2.05) is 41.3 Å². The van der Waals surface area contributed by atoms with Gasteiger partial charge in [-0.3, -0.25) is 14.6 Å². The van der Waals surface area contributed by atoms with Gasteiger partial charge in [0.05, 0.1) is 30.7 Å². The van der Waals surface area contributed by atoms with Crippen LogP contribution in [0.2, 0.25) is 0 Å². The number of esters is 1. The number of piperidine rings is 1. The van der Waals surface area contributed by atoms with Gasteiger partial charge in [0.15, 0.2) is 0 Å². The molecule has 2 aliphatic rings. The molecule has 1 amide bonds. The van der Waals surface area contributed by atoms with Gasteiger partial charge in [0.2, 0.25) is 5.91 Å². The van der Waals surface area contributed by atoms with Gasteiger partial charge in [0.1, 0.15) is 11.6 Å². The number of H-pyrrole nitrogens is 1. The number of ether oxygens (including phenoxy) is 1. The molecule has 0 atom stereocenters. The second-order valence-corrected chi connectivity index (χ2v) is 12.8. The zero-order chi connectivity index (χ0) is 31.7. The molecule has 0 spiro atoms. The average molecular weight is 618 g/mol. The van der Waals surface area contributed by atoms with Crippen molar-refractivity contribution in [2.75, 3.05) is 19.7 Å². The van der Waals surface area contributed by atoms with Crippen LogP contribution in [-0.2, 0) is 27.2 Å². The second kappa shape index (κ2) is 12.4. The van der Waals surface area contributed by atoms with Gasteiger partial charge in [-0.2, -0.15) is 0 Å². The molecule has 46 heavy (non-hydrogen) atoms. The third-order valence-electron chi connectivity index (χ3n) is 9.48. The number of nitrogens with zero attached hydrogens (tertiary/aromatic N) is 2. The lowest BCUT2D eigenvalue weighted by Gasteiger charge is -2.41. The number of likely N-dealkylation sites (tertiary alicyclic amines) is 1. The number of amides is 1. The number of hydrogen-bond acceptors (Lipinski definition) is 5. The zero-order valence-electron chi connectivity index (χ0n) is 25.5. The summed E-state index contributed by atoms with van der Waals surface area (Å²) in [5.74, 6) is -0.178. The third kappa shape index (κ3) is 6.38. The van der Waals surface area contributed by atoms with Gasteiger partial charge in [-0.1, -0.05) is 42.5 Å². The number of rotatable bonds is 9. The van der Waals surface area contributed by atoms with Crippen LogP contribution in [-0.4, -0.2) is 51.5 Å². The lowest BCUT2D eigenvalue weighted by molar-refractivity contribution is -0.151. The monoisotopic (exact) mass is 617 g/mol. The van der Waals surface area contributed by atoms with Crippen LogP contribution in [0.15, 0.2) is 91.3 Å². The number of aromatic amines is 1. The fraction of sp³-hybridized carbons (Fsp3) is 0.289. The van der Waals surface area contributed by atoms with Gasteiger partial charge < -0.3 is 19.7 Å². The Hall–Kier alpha value is -4.98. The summed E-state index contributed by atoms with van der Waals surface area (Å²) in [5, 5.41) is 11.6. The van der Waals surface area contributed by atoms with Crippen molar-refractivity contribution in [3.63, 3.8) is 0 Å². The minimum absolute atomic E-state index is 0.0181. The number of benzene rings is 3. The predicted molar refractivity (Wildman–Crippen MR) is 174 cm³/mol. The molecule has 1 saturated heterocycles. The van der Waals surface area contributed by atoms with E-state index < -0.39 is 0 Å². The predicted octanol–water partition coefficient (Wildman–Crippen LogP) is 7.09. The second-order valence-electron chi connectivity index (χ2n) is 12.8. The minimum atomic E-state index is -0.317. The Balaban J connectivity index is 1.12. The van der Waals surface area contributed by atoms with Crippen LogP contribution in [0.1, 0.15) is 36.8 Å². The molecular formula is C38H36FN3O4. The number of fused-ring (bicyclic) bond motifs is 1. The van der Waals surface area contributed by atoms with E-state index >= 15 is 0 Å². The molecule has 8 heteroatoms. The van der Waals surface area contributed by atoms with E-state index in [9.17, 15) is 19.1 Å². The highest BCUT2D eigenvalue weighted by Gasteiger charge is 2.39. The van der Waals surface area contributed by atoms with Crippen LogP contribution in [0.5, 0.6) is 5.75 Å². The first-order valence-electron chi connectivity index (χ1n) is 15.9. The highest BCUT2D eigenvalue weighted by molar-refractivity contribution is 5.89. The van der Waals surface area contributed by atoms with E-state index in [-0.39, 0.29) is 41.2 Å². The number of para-hydroxylation sites is 1. The number of phenols is 1. The van der Waals surface area contributed by atoms with Crippen LogP contribution in [0.4, 0.5) is 4.39 Å². The molecule has 0 radical (unpaired) electrons. The van der Waals surface area contributed by atoms with Crippen molar-refractivity contribution in [2.24, 2.45) is 11.3 Å². The molecule has 5 aromatic rings. The van der Waals surface area contributed by atoms with Crippen molar-refractivity contribution < 1.29 is 23.8 Å². The topological polar surface area (TPSA) is 95.5 Å². The highest BCUT2D eigenvalue weighted by Crippen LogP contribution is 2.39. The fourth-order valence-electron chi connectivity index (χ4n) is 6.56. The van der Waals surface area contributed by atoms with Gasteiger partial charge in [0, 0.05) is 46.9 Å². The number of pyridine rings is 1. The normalized spacial score (nSPS) is 16.0. The fourth-order valence-corrected chi connectivity index (χ4v) is 6.56. The van der Waals surface area contributed by atoms with Gasteiger partial charge in [-0.25, -0.2) is 4.39 Å². The van der Waals surface area contributed by atoms with Gasteiger partial charge in [-0.05, 0) is 85.2 Å². The Labute approximate surface area is 267 Å². The van der Waals surface area contributed by atoms with Crippen molar-refractivity contribution >= 4 is 22.8 Å². The number of phenolic OH excluding ortho intramolecular Hbond substituents is 1. The van der Waals surface area contributed by atoms with Gasteiger partial charge in [0.25, 0.3) is 0 Å². The molecule has 7 rings (SSSR count). The lowest BCUT2D eigenvalue weighted by Crippen LogP contribution is -2.46. The van der Waals surface area contributed by atoms with Crippen LogP contribution < -0.4 is 0 Å². The molecule has 234 valence electrons. The largest absolute Gasteiger partial charge is 0.507 e. The van der Waals surface area contributed by atoms with Gasteiger partial charge in [-0.15, -0.1) is 0 Å². The Morgan fingerprint density at radius 1 is 0.978 bits per heavy atom. The molecule has 3 aromatic carbocycles. The maximum Gasteiger partial charge on any atom is 0.308 e. The zero-order valence-corrected chi connectivity index (χ0v) is 25.5. The lowest BCUT2D eigenvalue weighted by atomic mass is 9.74. The first kappa shape index (κ1) is 29.7. The molecule has 2 aromatic heterocycles. The number of hydrogen-bond donors (Lipinski definition) is 2. The molecule has 0 unspecified atom stereocenters. The summed E-state index contributed by atoms with van der Waals surface area (Å²) >= 11 is 0. The van der Waals surface area contributed by atoms with E-state index in [0.717, 1.165) is 57.3 Å². The first-order valence-corrected chi connectivity index (χ1v) is 15.9. The van der Waals surface area contributed by atoms with Crippen LogP contribution in [0.3, 0.4) is 0 Å². The Morgan fingerprint density at radius 3 is 2.50 bits per heavy atom. The summed E-state index contributed by atoms with van der Waals surface area (Å²) in [6, 6.07) is 23.7. The standard InChI is InChI=1S/C38H36FN3O4/c39-30-11-5-25(6-12-30)22-38(24-46-37(45)26-7-8-26)14-17-42(18-15-38)36(44)21-28-10-9-27(31-3-1-2-4-35(31)43)19-32(28)33-20-29-13-16-40-23-34(29)41-33/h1-6,9-13,16,19-20,23,26,41,43H,7-8,14-15,17-18,21-22,24H2. The van der Waals surface area contributed by atoms with Crippen molar-refractivity contribution in [2.45, 2.75) is 38.5 Å². The molecule has 7 nitrogen and oxygen atoms in total. The van der Waals surface area contributed by atoms with E-state index in [1.54, 1.807) is 36.7 Å². The molecule has 2 N–H and O–H groups in total. The number of carbonyl (C=O) groups excluding carboxylic acids is 2. The molecular weight excluding hydrogens is 581 g/mol. The number of carbonyl (C=O) groups is 2. The quantitative estimate of drug-likeness (QED) is 0.172. The summed E-state index contributed by atoms with van der Waals surface area (Å²) in [6.07, 6.45) is 7.54. The smallest absolute Gasteiger partial charge is 0.308 e. The van der Waals surface area contributed by atoms with Crippen molar-refractivity contribution in [3.8, 4) is 28.1 Å². The van der Waals surface area contributed by atoms with Gasteiger partial charge >= 0.3 is 5.97 Å². The number of nitrogens with one attached hydrogen (secondary N) is 1. The summed E-state index contributed by atoms with van der Waals surface area (Å²) in [6.45, 7) is 1.39. The van der Waals surface area contributed by atoms with E-state index in [1.165, 1.54) is 12.1 Å². The van der Waals surface area contributed by atoms with Crippen LogP contribution >= 0.6 is 0 Å². The average Bonchev–Trinajstić information content (AvgIpc) is 3.84. The van der Waals surface area contributed by atoms with Crippen molar-refractivity contribution in [3.05, 3.63) is 108 Å². The van der Waals surface area contributed by atoms with Crippen molar-refractivity contribution in [1.82, 2.24) is 14.9 Å². The van der Waals surface area contributed by atoms with Crippen LogP contribution in [0.25, 0.3) is 33.3 Å². The molecule has 1 aliphatic carbocycles. The molecule has 1 aliphatic heterocycles. The minimum Gasteiger partial charge on any atom is -0.507 e. The van der Waals surface area contributed by atoms with E-state index in [0.29, 0.717) is 39.0 Å². The Bertz CT molecular complexity index is 1860. The molecule has 3 heterocycles. The molecule has 0 bridgehead atoms. The summed E-state index contributed by atoms with van der Waals surface area (Å²) < 4.78 is 19.4. The summed E-state index contributed by atoms with van der Waals surface area (Å²) in [5.41, 5.74) is 5.79. The summed E-state index contributed by atoms with van der Waals surface area (Å²) in [4.78, 5) is 35.9. The first-order chi connectivity index (χ1) is 22.4. The molecule has 2 fully saturated rings. The Morgan fingerprint density at radius 2 is 1.76 bits per heavy atom. The van der Waals surface area contributed by atoms with E-state index in [2.05, 4.69) is 16.0 Å². The molecule has 1 saturated carbocycles. The van der Waals surface area contributed by atoms with E-state index in [4.69, 9.17) is 4.74 Å². The Kier molecular flexibility index (Phi) is 8.03. The number of aromatic hydroxyl groups is 1. The number of aromatic nitrogens is 2. The third-order valence-corrected chi connectivity index (χ3v) is 9.48. The highest BCUT2D eigenvalue weighted by atomic mass is 19.1. The van der Waals surface area contributed by atoms with Crippen LogP contribution in [0, 0.1) is 17.2 Å². The number of halogens is 1. The maximum absolute atomic E-state index is 13.8.